The molecule has 0 aliphatic heterocycles. The summed E-state index contributed by atoms with van der Waals surface area (Å²) in [5, 5.41) is 3.27. The second kappa shape index (κ2) is 7.01. The van der Waals surface area contributed by atoms with E-state index < -0.39 is 0 Å². The van der Waals surface area contributed by atoms with Crippen molar-refractivity contribution in [1.29, 1.82) is 0 Å². The lowest BCUT2D eigenvalue weighted by Crippen LogP contribution is -2.54. The van der Waals surface area contributed by atoms with Gasteiger partial charge in [-0.1, -0.05) is 37.1 Å². The molecule has 2 aliphatic rings. The Morgan fingerprint density at radius 3 is 2.68 bits per heavy atom. The smallest absolute Gasteiger partial charge is 0.225 e. The van der Waals surface area contributed by atoms with E-state index in [-0.39, 0.29) is 35.8 Å². The number of nitrogens with one attached hydrogen (secondary N) is 1. The van der Waals surface area contributed by atoms with E-state index in [2.05, 4.69) is 29.6 Å². The highest BCUT2D eigenvalue weighted by Crippen LogP contribution is 2.32. The number of carbonyl (C=O) groups is 1. The predicted octanol–water partition coefficient (Wildman–Crippen LogP) is 2.99. The fraction of sp³-hybridized carbons (Fsp3) is 0.611. The first-order chi connectivity index (χ1) is 10.1. The van der Waals surface area contributed by atoms with E-state index in [9.17, 15) is 4.79 Å². The van der Waals surface area contributed by atoms with Crippen molar-refractivity contribution in [1.82, 2.24) is 5.32 Å². The monoisotopic (exact) mass is 322 g/mol. The molecule has 0 radical (unpaired) electrons. The summed E-state index contributed by atoms with van der Waals surface area (Å²) in [6, 6.07) is 8.83. The van der Waals surface area contributed by atoms with Gasteiger partial charge in [0, 0.05) is 11.6 Å². The summed E-state index contributed by atoms with van der Waals surface area (Å²) >= 11 is 0. The standard InChI is InChI=1S/C18H26N2O.ClH/c1-18(19)11-5-4-8-16(18)17(21)20-15-10-9-13-6-2-3-7-14(13)12-15;/h2-3,6-7,15-16H,4-5,8-12,19H2,1H3,(H,20,21);1H. The first kappa shape index (κ1) is 17.3. The topological polar surface area (TPSA) is 55.1 Å². The number of rotatable bonds is 2. The molecule has 2 aliphatic carbocycles. The van der Waals surface area contributed by atoms with Crippen LogP contribution in [0.1, 0.15) is 50.2 Å². The van der Waals surface area contributed by atoms with E-state index in [1.54, 1.807) is 0 Å². The van der Waals surface area contributed by atoms with E-state index in [1.807, 2.05) is 6.92 Å². The number of benzene rings is 1. The van der Waals surface area contributed by atoms with Gasteiger partial charge in [-0.2, -0.15) is 0 Å². The lowest BCUT2D eigenvalue weighted by atomic mass is 9.74. The van der Waals surface area contributed by atoms with Crippen LogP contribution < -0.4 is 11.1 Å². The molecule has 0 heterocycles. The predicted molar refractivity (Wildman–Crippen MR) is 92.2 cm³/mol. The third-order valence-electron chi connectivity index (χ3n) is 5.26. The van der Waals surface area contributed by atoms with E-state index in [4.69, 9.17) is 5.73 Å². The van der Waals surface area contributed by atoms with Gasteiger partial charge in [-0.05, 0) is 50.2 Å². The molecule has 3 unspecified atom stereocenters. The molecule has 0 saturated heterocycles. The van der Waals surface area contributed by atoms with Crippen LogP contribution in [-0.4, -0.2) is 17.5 Å². The van der Waals surface area contributed by atoms with Crippen molar-refractivity contribution < 1.29 is 4.79 Å². The Labute approximate surface area is 139 Å². The highest BCUT2D eigenvalue weighted by atomic mass is 35.5. The molecule has 22 heavy (non-hydrogen) atoms. The minimum atomic E-state index is -0.338. The van der Waals surface area contributed by atoms with E-state index in [0.29, 0.717) is 0 Å². The molecular formula is C18H27ClN2O. The van der Waals surface area contributed by atoms with Crippen LogP contribution in [0.5, 0.6) is 0 Å². The van der Waals surface area contributed by atoms with Gasteiger partial charge in [-0.25, -0.2) is 0 Å². The molecule has 0 bridgehead atoms. The molecule has 122 valence electrons. The summed E-state index contributed by atoms with van der Waals surface area (Å²) in [7, 11) is 0. The number of aryl methyl sites for hydroxylation is 1. The number of amides is 1. The molecule has 0 aromatic heterocycles. The van der Waals surface area contributed by atoms with Gasteiger partial charge in [0.05, 0.1) is 5.92 Å². The van der Waals surface area contributed by atoms with Crippen LogP contribution in [0.4, 0.5) is 0 Å². The second-order valence-electron chi connectivity index (χ2n) is 7.02. The van der Waals surface area contributed by atoms with Crippen LogP contribution in [0.3, 0.4) is 0 Å². The largest absolute Gasteiger partial charge is 0.353 e. The Hall–Kier alpha value is -1.06. The normalized spacial score (nSPS) is 30.8. The van der Waals surface area contributed by atoms with Crippen LogP contribution in [0.15, 0.2) is 24.3 Å². The highest BCUT2D eigenvalue weighted by Gasteiger charge is 2.38. The van der Waals surface area contributed by atoms with Gasteiger partial charge >= 0.3 is 0 Å². The molecule has 3 N–H and O–H groups in total. The quantitative estimate of drug-likeness (QED) is 0.879. The number of nitrogens with two attached hydrogens (primary N) is 1. The van der Waals surface area contributed by atoms with Gasteiger partial charge in [0.1, 0.15) is 0 Å². The zero-order chi connectivity index (χ0) is 14.9. The molecule has 1 amide bonds. The van der Waals surface area contributed by atoms with Crippen molar-refractivity contribution >= 4 is 18.3 Å². The van der Waals surface area contributed by atoms with Crippen molar-refractivity contribution in [3.05, 3.63) is 35.4 Å². The second-order valence-corrected chi connectivity index (χ2v) is 7.02. The zero-order valence-corrected chi connectivity index (χ0v) is 14.1. The fourth-order valence-electron chi connectivity index (χ4n) is 3.91. The molecule has 4 heteroatoms. The maximum atomic E-state index is 12.6. The minimum absolute atomic E-state index is 0. The SMILES string of the molecule is CC1(N)CCCCC1C(=O)NC1CCc2ccccc2C1.Cl. The summed E-state index contributed by atoms with van der Waals surface area (Å²) in [6.45, 7) is 2.03. The maximum Gasteiger partial charge on any atom is 0.225 e. The van der Waals surface area contributed by atoms with Gasteiger partial charge < -0.3 is 11.1 Å². The third kappa shape index (κ3) is 3.64. The average molecular weight is 323 g/mol. The zero-order valence-electron chi connectivity index (χ0n) is 13.3. The minimum Gasteiger partial charge on any atom is -0.353 e. The number of hydrogen-bond donors (Lipinski definition) is 2. The molecule has 1 aromatic carbocycles. The van der Waals surface area contributed by atoms with Crippen LogP contribution in [-0.2, 0) is 17.6 Å². The number of fused-ring (bicyclic) bond motifs is 1. The molecule has 1 aromatic rings. The highest BCUT2D eigenvalue weighted by molar-refractivity contribution is 5.85. The van der Waals surface area contributed by atoms with Gasteiger partial charge in [0.25, 0.3) is 0 Å². The molecule has 1 saturated carbocycles. The lowest BCUT2D eigenvalue weighted by Gasteiger charge is -2.38. The number of halogens is 1. The van der Waals surface area contributed by atoms with E-state index in [1.165, 1.54) is 11.1 Å². The summed E-state index contributed by atoms with van der Waals surface area (Å²) in [5.41, 5.74) is 8.82. The van der Waals surface area contributed by atoms with Crippen LogP contribution >= 0.6 is 12.4 Å². The van der Waals surface area contributed by atoms with E-state index in [0.717, 1.165) is 44.9 Å². The molecule has 3 atom stereocenters. The van der Waals surface area contributed by atoms with Crippen molar-refractivity contribution in [3.63, 3.8) is 0 Å². The number of hydrogen-bond acceptors (Lipinski definition) is 2. The van der Waals surface area contributed by atoms with Gasteiger partial charge in [0.2, 0.25) is 5.91 Å². The first-order valence-corrected chi connectivity index (χ1v) is 8.22. The summed E-state index contributed by atoms with van der Waals surface area (Å²) in [6.07, 6.45) is 7.21. The molecule has 0 spiro atoms. The van der Waals surface area contributed by atoms with Crippen LogP contribution in [0.2, 0.25) is 0 Å². The molecule has 3 nitrogen and oxygen atoms in total. The maximum absolute atomic E-state index is 12.6. The van der Waals surface area contributed by atoms with E-state index >= 15 is 0 Å². The Bertz CT molecular complexity index is 530. The number of carbonyl (C=O) groups excluding carboxylic acids is 1. The van der Waals surface area contributed by atoms with Gasteiger partial charge in [-0.15, -0.1) is 12.4 Å². The molecule has 1 fully saturated rings. The average Bonchev–Trinajstić information content (AvgIpc) is 2.46. The van der Waals surface area contributed by atoms with Crippen molar-refractivity contribution in [2.45, 2.75) is 63.5 Å². The molecule has 3 rings (SSSR count). The Morgan fingerprint density at radius 2 is 1.95 bits per heavy atom. The summed E-state index contributed by atoms with van der Waals surface area (Å²) < 4.78 is 0. The van der Waals surface area contributed by atoms with Gasteiger partial charge in [-0.3, -0.25) is 4.79 Å². The Balaban J connectivity index is 0.00000176. The van der Waals surface area contributed by atoms with Crippen molar-refractivity contribution in [3.8, 4) is 0 Å². The molecular weight excluding hydrogens is 296 g/mol. The lowest BCUT2D eigenvalue weighted by molar-refractivity contribution is -0.128. The van der Waals surface area contributed by atoms with Crippen molar-refractivity contribution in [2.24, 2.45) is 11.7 Å². The fourth-order valence-corrected chi connectivity index (χ4v) is 3.91. The summed E-state index contributed by atoms with van der Waals surface area (Å²) in [4.78, 5) is 12.6. The Morgan fingerprint density at radius 1 is 1.23 bits per heavy atom. The summed E-state index contributed by atoms with van der Waals surface area (Å²) in [5.74, 6) is 0.146. The third-order valence-corrected chi connectivity index (χ3v) is 5.26. The van der Waals surface area contributed by atoms with Crippen LogP contribution in [0.25, 0.3) is 0 Å². The van der Waals surface area contributed by atoms with Crippen LogP contribution in [0, 0.1) is 5.92 Å². The van der Waals surface area contributed by atoms with Crippen molar-refractivity contribution in [2.75, 3.05) is 0 Å². The first-order valence-electron chi connectivity index (χ1n) is 8.22. The Kier molecular flexibility index (Phi) is 5.51. The van der Waals surface area contributed by atoms with Gasteiger partial charge in [0.15, 0.2) is 0 Å².